The first-order valence-electron chi connectivity index (χ1n) is 11.4. The predicted octanol–water partition coefficient (Wildman–Crippen LogP) is 5.20. The van der Waals surface area contributed by atoms with Crippen molar-refractivity contribution >= 4 is 0 Å². The molecule has 3 fully saturated rings. The minimum absolute atomic E-state index is 0.417. The van der Waals surface area contributed by atoms with E-state index in [4.69, 9.17) is 11.5 Å². The zero-order chi connectivity index (χ0) is 18.1. The third-order valence-electron chi connectivity index (χ3n) is 8.61. The average Bonchev–Trinajstić information content (AvgIpc) is 2.58. The molecule has 3 aliphatic rings. The van der Waals surface area contributed by atoms with E-state index in [0.29, 0.717) is 35.8 Å². The van der Waals surface area contributed by atoms with E-state index in [9.17, 15) is 0 Å². The maximum atomic E-state index is 6.49. The van der Waals surface area contributed by atoms with Gasteiger partial charge >= 0.3 is 0 Å². The van der Waals surface area contributed by atoms with Gasteiger partial charge in [-0.15, -0.1) is 0 Å². The van der Waals surface area contributed by atoms with Crippen LogP contribution in [0.15, 0.2) is 0 Å². The molecule has 4 atom stereocenters. The van der Waals surface area contributed by atoms with Crippen molar-refractivity contribution in [3.8, 4) is 0 Å². The van der Waals surface area contributed by atoms with Crippen LogP contribution >= 0.6 is 0 Å². The summed E-state index contributed by atoms with van der Waals surface area (Å²) in [5, 5.41) is 0. The van der Waals surface area contributed by atoms with Crippen molar-refractivity contribution in [1.29, 1.82) is 0 Å². The van der Waals surface area contributed by atoms with E-state index in [2.05, 4.69) is 27.7 Å². The SMILES string of the molecule is CC1CC(C(C2CCCCC2)C2CC(C)C(N)C(C)C2)CC(C)C1N. The summed E-state index contributed by atoms with van der Waals surface area (Å²) in [6, 6.07) is 0.835. The Hall–Kier alpha value is -0.0800. The molecule has 0 spiro atoms. The van der Waals surface area contributed by atoms with Crippen LogP contribution in [0.5, 0.6) is 0 Å². The minimum Gasteiger partial charge on any atom is -0.327 e. The highest BCUT2D eigenvalue weighted by Gasteiger charge is 2.44. The van der Waals surface area contributed by atoms with Gasteiger partial charge in [0.05, 0.1) is 0 Å². The van der Waals surface area contributed by atoms with E-state index >= 15 is 0 Å². The maximum absolute atomic E-state index is 6.49. The lowest BCUT2D eigenvalue weighted by molar-refractivity contribution is 0.0131. The first kappa shape index (κ1) is 19.7. The van der Waals surface area contributed by atoms with Crippen LogP contribution in [-0.4, -0.2) is 12.1 Å². The monoisotopic (exact) mass is 348 g/mol. The average molecular weight is 349 g/mol. The Morgan fingerprint density at radius 3 is 1.28 bits per heavy atom. The topological polar surface area (TPSA) is 52.0 Å². The van der Waals surface area contributed by atoms with Crippen molar-refractivity contribution in [2.24, 2.45) is 58.8 Å². The molecule has 0 amide bonds. The Balaban J connectivity index is 1.80. The van der Waals surface area contributed by atoms with E-state index < -0.39 is 0 Å². The predicted molar refractivity (Wildman–Crippen MR) is 108 cm³/mol. The summed E-state index contributed by atoms with van der Waals surface area (Å²) in [6.07, 6.45) is 12.9. The molecule has 0 aromatic carbocycles. The molecule has 2 heteroatoms. The molecular formula is C23H44N2. The summed E-state index contributed by atoms with van der Waals surface area (Å²) < 4.78 is 0. The van der Waals surface area contributed by atoms with Crippen LogP contribution in [0.2, 0.25) is 0 Å². The van der Waals surface area contributed by atoms with Gasteiger partial charge < -0.3 is 11.5 Å². The van der Waals surface area contributed by atoms with Crippen molar-refractivity contribution < 1.29 is 0 Å². The number of rotatable bonds is 3. The lowest BCUT2D eigenvalue weighted by atomic mass is 9.57. The third-order valence-corrected chi connectivity index (χ3v) is 8.61. The Morgan fingerprint density at radius 1 is 0.560 bits per heavy atom. The molecular weight excluding hydrogens is 304 g/mol. The molecule has 2 nitrogen and oxygen atoms in total. The zero-order valence-corrected chi connectivity index (χ0v) is 17.3. The van der Waals surface area contributed by atoms with Gasteiger partial charge in [-0.2, -0.15) is 0 Å². The molecule has 0 bridgehead atoms. The minimum atomic E-state index is 0.417. The van der Waals surface area contributed by atoms with Crippen molar-refractivity contribution in [1.82, 2.24) is 0 Å². The molecule has 25 heavy (non-hydrogen) atoms. The van der Waals surface area contributed by atoms with Gasteiger partial charge in [-0.1, -0.05) is 59.8 Å². The molecule has 0 saturated heterocycles. The summed E-state index contributed by atoms with van der Waals surface area (Å²) >= 11 is 0. The fourth-order valence-electron chi connectivity index (χ4n) is 7.16. The Morgan fingerprint density at radius 2 is 0.920 bits per heavy atom. The van der Waals surface area contributed by atoms with Gasteiger partial charge in [-0.05, 0) is 73.0 Å². The van der Waals surface area contributed by atoms with E-state index in [1.165, 1.54) is 57.8 Å². The van der Waals surface area contributed by atoms with Gasteiger partial charge in [-0.3, -0.25) is 0 Å². The molecule has 0 radical (unpaired) electrons. The van der Waals surface area contributed by atoms with Gasteiger partial charge in [0, 0.05) is 12.1 Å². The fraction of sp³-hybridized carbons (Fsp3) is 1.00. The van der Waals surface area contributed by atoms with Crippen molar-refractivity contribution in [3.63, 3.8) is 0 Å². The number of hydrogen-bond donors (Lipinski definition) is 2. The molecule has 146 valence electrons. The summed E-state index contributed by atoms with van der Waals surface area (Å²) in [5.74, 6) is 6.52. The van der Waals surface area contributed by atoms with Crippen LogP contribution in [0.3, 0.4) is 0 Å². The lowest BCUT2D eigenvalue weighted by Gasteiger charge is -2.50. The smallest absolute Gasteiger partial charge is 0.00905 e. The second-order valence-corrected chi connectivity index (χ2v) is 10.5. The van der Waals surface area contributed by atoms with Crippen molar-refractivity contribution in [2.75, 3.05) is 0 Å². The molecule has 0 aliphatic heterocycles. The van der Waals surface area contributed by atoms with Crippen molar-refractivity contribution in [3.05, 3.63) is 0 Å². The van der Waals surface area contributed by atoms with Gasteiger partial charge in [0.1, 0.15) is 0 Å². The molecule has 3 rings (SSSR count). The van der Waals surface area contributed by atoms with Crippen LogP contribution in [0, 0.1) is 47.3 Å². The standard InChI is InChI=1S/C23H44N2/c1-14-10-19(11-15(2)22(14)24)21(18-8-6-5-7-9-18)20-12-16(3)23(25)17(4)13-20/h14-23H,5-13,24-25H2,1-4H3. The zero-order valence-electron chi connectivity index (χ0n) is 17.3. The number of hydrogen-bond acceptors (Lipinski definition) is 2. The van der Waals surface area contributed by atoms with Gasteiger partial charge in [0.25, 0.3) is 0 Å². The second kappa shape index (κ2) is 8.30. The third kappa shape index (κ3) is 4.26. The van der Waals surface area contributed by atoms with Crippen LogP contribution in [-0.2, 0) is 0 Å². The van der Waals surface area contributed by atoms with E-state index in [1.807, 2.05) is 0 Å². The molecule has 4 unspecified atom stereocenters. The highest BCUT2D eigenvalue weighted by Crippen LogP contribution is 2.50. The molecule has 0 aromatic heterocycles. The van der Waals surface area contributed by atoms with E-state index in [0.717, 1.165) is 23.7 Å². The highest BCUT2D eigenvalue weighted by atomic mass is 14.7. The second-order valence-electron chi connectivity index (χ2n) is 10.5. The summed E-state index contributed by atoms with van der Waals surface area (Å²) in [5.41, 5.74) is 13.0. The Labute approximate surface area is 156 Å². The Bertz CT molecular complexity index is 362. The fourth-order valence-corrected chi connectivity index (χ4v) is 7.16. The highest BCUT2D eigenvalue weighted by molar-refractivity contribution is 4.96. The van der Waals surface area contributed by atoms with Crippen LogP contribution < -0.4 is 11.5 Å². The maximum Gasteiger partial charge on any atom is 0.00905 e. The van der Waals surface area contributed by atoms with Crippen LogP contribution in [0.25, 0.3) is 0 Å². The number of nitrogens with two attached hydrogens (primary N) is 2. The summed E-state index contributed by atoms with van der Waals surface area (Å²) in [4.78, 5) is 0. The molecule has 4 N–H and O–H groups in total. The summed E-state index contributed by atoms with van der Waals surface area (Å²) in [6.45, 7) is 9.64. The van der Waals surface area contributed by atoms with Crippen LogP contribution in [0.4, 0.5) is 0 Å². The molecule has 0 heterocycles. The molecule has 3 saturated carbocycles. The summed E-state index contributed by atoms with van der Waals surface area (Å²) in [7, 11) is 0. The Kier molecular flexibility index (Phi) is 6.53. The van der Waals surface area contributed by atoms with Crippen molar-refractivity contribution in [2.45, 2.75) is 97.6 Å². The van der Waals surface area contributed by atoms with Gasteiger partial charge in [-0.25, -0.2) is 0 Å². The van der Waals surface area contributed by atoms with Gasteiger partial charge in [0.15, 0.2) is 0 Å². The van der Waals surface area contributed by atoms with E-state index in [1.54, 1.807) is 0 Å². The quantitative estimate of drug-likeness (QED) is 0.736. The molecule has 3 aliphatic carbocycles. The van der Waals surface area contributed by atoms with Gasteiger partial charge in [0.2, 0.25) is 0 Å². The first-order valence-corrected chi connectivity index (χ1v) is 11.4. The van der Waals surface area contributed by atoms with Crippen LogP contribution in [0.1, 0.15) is 85.5 Å². The van der Waals surface area contributed by atoms with E-state index in [-0.39, 0.29) is 0 Å². The normalized spacial score (nSPS) is 48.2. The molecule has 0 aromatic rings. The largest absolute Gasteiger partial charge is 0.327 e. The first-order chi connectivity index (χ1) is 11.9. The lowest BCUT2D eigenvalue weighted by Crippen LogP contribution is -2.48.